The van der Waals surface area contributed by atoms with Crippen molar-refractivity contribution in [3.63, 3.8) is 0 Å². The zero-order valence-corrected chi connectivity index (χ0v) is 16.8. The summed E-state index contributed by atoms with van der Waals surface area (Å²) in [4.78, 5) is 12.3. The van der Waals surface area contributed by atoms with Gasteiger partial charge >= 0.3 is 0 Å². The standard InChI is InChI=1S/C20H22N4O3S/c1-4-24-19(14-5-9-16(26-2)10-6-14)22-23-20(24)28-13-18(25)21-15-7-11-17(27-3)12-8-15/h5-12H,4,13H2,1-3H3,(H,21,25). The van der Waals surface area contributed by atoms with Crippen LogP contribution in [0, 0.1) is 0 Å². The summed E-state index contributed by atoms with van der Waals surface area (Å²) in [6.07, 6.45) is 0. The Labute approximate surface area is 168 Å². The van der Waals surface area contributed by atoms with Crippen LogP contribution in [0.15, 0.2) is 53.7 Å². The number of carbonyl (C=O) groups excluding carboxylic acids is 1. The molecule has 2 aromatic carbocycles. The van der Waals surface area contributed by atoms with E-state index in [9.17, 15) is 4.79 Å². The number of ether oxygens (including phenoxy) is 2. The number of amides is 1. The van der Waals surface area contributed by atoms with E-state index in [1.54, 1.807) is 38.5 Å². The third-order valence-corrected chi connectivity index (χ3v) is 5.05. The number of carbonyl (C=O) groups is 1. The van der Waals surface area contributed by atoms with Crippen LogP contribution in [-0.2, 0) is 11.3 Å². The molecule has 0 atom stereocenters. The van der Waals surface area contributed by atoms with Gasteiger partial charge in [0.05, 0.1) is 20.0 Å². The highest BCUT2D eigenvalue weighted by Crippen LogP contribution is 2.25. The number of nitrogens with one attached hydrogen (secondary N) is 1. The fourth-order valence-corrected chi connectivity index (χ4v) is 3.44. The summed E-state index contributed by atoms with van der Waals surface area (Å²) in [5.74, 6) is 2.44. The second kappa shape index (κ2) is 9.27. The maximum Gasteiger partial charge on any atom is 0.234 e. The minimum atomic E-state index is -0.105. The molecule has 146 valence electrons. The normalized spacial score (nSPS) is 10.5. The van der Waals surface area contributed by atoms with Gasteiger partial charge in [-0.1, -0.05) is 11.8 Å². The van der Waals surface area contributed by atoms with E-state index in [1.807, 2.05) is 35.8 Å². The molecule has 0 aliphatic carbocycles. The largest absolute Gasteiger partial charge is 0.497 e. The third-order valence-electron chi connectivity index (χ3n) is 4.09. The molecule has 1 heterocycles. The van der Waals surface area contributed by atoms with E-state index in [2.05, 4.69) is 15.5 Å². The van der Waals surface area contributed by atoms with Gasteiger partial charge in [0, 0.05) is 17.8 Å². The molecular formula is C20H22N4O3S. The monoisotopic (exact) mass is 398 g/mol. The maximum absolute atomic E-state index is 12.3. The van der Waals surface area contributed by atoms with E-state index in [4.69, 9.17) is 9.47 Å². The molecule has 0 unspecified atom stereocenters. The number of rotatable bonds is 8. The van der Waals surface area contributed by atoms with Gasteiger partial charge in [0.2, 0.25) is 5.91 Å². The number of thioether (sulfide) groups is 1. The molecule has 8 heteroatoms. The Hall–Kier alpha value is -3.00. The molecule has 28 heavy (non-hydrogen) atoms. The lowest BCUT2D eigenvalue weighted by molar-refractivity contribution is -0.113. The lowest BCUT2D eigenvalue weighted by Crippen LogP contribution is -2.14. The molecule has 1 aromatic heterocycles. The molecule has 0 aliphatic heterocycles. The van der Waals surface area contributed by atoms with Crippen molar-refractivity contribution in [1.29, 1.82) is 0 Å². The minimum Gasteiger partial charge on any atom is -0.497 e. The summed E-state index contributed by atoms with van der Waals surface area (Å²) >= 11 is 1.36. The van der Waals surface area contributed by atoms with Crippen LogP contribution in [0.4, 0.5) is 5.69 Å². The molecule has 0 bridgehead atoms. The number of aromatic nitrogens is 3. The van der Waals surface area contributed by atoms with Crippen molar-refractivity contribution in [2.75, 3.05) is 25.3 Å². The Morgan fingerprint density at radius 2 is 1.61 bits per heavy atom. The average molecular weight is 398 g/mol. The zero-order chi connectivity index (χ0) is 19.9. The number of nitrogens with zero attached hydrogens (tertiary/aromatic N) is 3. The highest BCUT2D eigenvalue weighted by Gasteiger charge is 2.15. The topological polar surface area (TPSA) is 78.3 Å². The molecule has 1 N–H and O–H groups in total. The number of benzene rings is 2. The van der Waals surface area contributed by atoms with Crippen LogP contribution >= 0.6 is 11.8 Å². The van der Waals surface area contributed by atoms with Crippen molar-refractivity contribution in [2.45, 2.75) is 18.6 Å². The highest BCUT2D eigenvalue weighted by molar-refractivity contribution is 7.99. The average Bonchev–Trinajstić information content (AvgIpc) is 3.15. The van der Waals surface area contributed by atoms with E-state index >= 15 is 0 Å². The summed E-state index contributed by atoms with van der Waals surface area (Å²) in [7, 11) is 3.24. The molecular weight excluding hydrogens is 376 g/mol. The molecule has 0 saturated heterocycles. The van der Waals surface area contributed by atoms with E-state index in [0.29, 0.717) is 11.7 Å². The molecule has 3 aromatic rings. The molecule has 0 saturated carbocycles. The fraction of sp³-hybridized carbons (Fsp3) is 0.250. The number of hydrogen-bond donors (Lipinski definition) is 1. The van der Waals surface area contributed by atoms with Crippen molar-refractivity contribution in [1.82, 2.24) is 14.8 Å². The molecule has 0 fully saturated rings. The quantitative estimate of drug-likeness (QED) is 0.583. The second-order valence-corrected chi connectivity index (χ2v) is 6.79. The van der Waals surface area contributed by atoms with Crippen molar-refractivity contribution < 1.29 is 14.3 Å². The van der Waals surface area contributed by atoms with Crippen LogP contribution in [0.2, 0.25) is 0 Å². The zero-order valence-electron chi connectivity index (χ0n) is 16.0. The van der Waals surface area contributed by atoms with E-state index in [0.717, 1.165) is 28.6 Å². The maximum atomic E-state index is 12.3. The van der Waals surface area contributed by atoms with Crippen LogP contribution in [0.5, 0.6) is 11.5 Å². The van der Waals surface area contributed by atoms with Gasteiger partial charge in [-0.25, -0.2) is 0 Å². The van der Waals surface area contributed by atoms with Gasteiger partial charge in [0.15, 0.2) is 11.0 Å². The first-order chi connectivity index (χ1) is 13.6. The fourth-order valence-electron chi connectivity index (χ4n) is 2.64. The van der Waals surface area contributed by atoms with Crippen molar-refractivity contribution in [2.24, 2.45) is 0 Å². The van der Waals surface area contributed by atoms with Gasteiger partial charge in [-0.05, 0) is 55.5 Å². The number of methoxy groups -OCH3 is 2. The summed E-state index contributed by atoms with van der Waals surface area (Å²) in [6, 6.07) is 14.9. The lowest BCUT2D eigenvalue weighted by Gasteiger charge is -2.08. The first-order valence-electron chi connectivity index (χ1n) is 8.79. The first-order valence-corrected chi connectivity index (χ1v) is 9.77. The smallest absolute Gasteiger partial charge is 0.234 e. The number of hydrogen-bond acceptors (Lipinski definition) is 6. The van der Waals surface area contributed by atoms with Gasteiger partial charge in [0.25, 0.3) is 0 Å². The van der Waals surface area contributed by atoms with Crippen LogP contribution in [0.3, 0.4) is 0 Å². The summed E-state index contributed by atoms with van der Waals surface area (Å²) in [6.45, 7) is 2.73. The van der Waals surface area contributed by atoms with Crippen molar-refractivity contribution in [3.05, 3.63) is 48.5 Å². The molecule has 0 aliphatic rings. The van der Waals surface area contributed by atoms with Crippen LogP contribution in [0.1, 0.15) is 6.92 Å². The minimum absolute atomic E-state index is 0.105. The highest BCUT2D eigenvalue weighted by atomic mass is 32.2. The molecule has 0 radical (unpaired) electrons. The Bertz CT molecular complexity index is 924. The predicted octanol–water partition coefficient (Wildman–Crippen LogP) is 3.71. The molecule has 3 rings (SSSR count). The van der Waals surface area contributed by atoms with E-state index in [1.165, 1.54) is 11.8 Å². The third kappa shape index (κ3) is 4.64. The van der Waals surface area contributed by atoms with Gasteiger partial charge in [-0.2, -0.15) is 0 Å². The van der Waals surface area contributed by atoms with Crippen LogP contribution in [-0.4, -0.2) is 40.6 Å². The summed E-state index contributed by atoms with van der Waals surface area (Å²) in [5.41, 5.74) is 1.67. The lowest BCUT2D eigenvalue weighted by atomic mass is 10.2. The van der Waals surface area contributed by atoms with Gasteiger partial charge < -0.3 is 19.4 Å². The Balaban J connectivity index is 1.65. The van der Waals surface area contributed by atoms with Crippen molar-refractivity contribution >= 4 is 23.4 Å². The Kier molecular flexibility index (Phi) is 6.54. The molecule has 0 spiro atoms. The van der Waals surface area contributed by atoms with Gasteiger partial charge in [-0.15, -0.1) is 10.2 Å². The van der Waals surface area contributed by atoms with Gasteiger partial charge in [-0.3, -0.25) is 4.79 Å². The summed E-state index contributed by atoms with van der Waals surface area (Å²) < 4.78 is 12.3. The van der Waals surface area contributed by atoms with Gasteiger partial charge in [0.1, 0.15) is 11.5 Å². The van der Waals surface area contributed by atoms with Crippen LogP contribution < -0.4 is 14.8 Å². The van der Waals surface area contributed by atoms with Crippen LogP contribution in [0.25, 0.3) is 11.4 Å². The van der Waals surface area contributed by atoms with Crippen molar-refractivity contribution in [3.8, 4) is 22.9 Å². The Morgan fingerprint density at radius 3 is 2.18 bits per heavy atom. The number of anilines is 1. The molecule has 7 nitrogen and oxygen atoms in total. The Morgan fingerprint density at radius 1 is 1.00 bits per heavy atom. The molecule has 1 amide bonds. The van der Waals surface area contributed by atoms with E-state index in [-0.39, 0.29) is 11.7 Å². The summed E-state index contributed by atoms with van der Waals surface area (Å²) in [5, 5.41) is 12.1. The second-order valence-electron chi connectivity index (χ2n) is 5.84. The predicted molar refractivity (Wildman–Crippen MR) is 110 cm³/mol. The first kappa shape index (κ1) is 19.8. The SMILES string of the molecule is CCn1c(SCC(=O)Nc2ccc(OC)cc2)nnc1-c1ccc(OC)cc1. The van der Waals surface area contributed by atoms with E-state index < -0.39 is 0 Å².